The van der Waals surface area contributed by atoms with Gasteiger partial charge in [-0.2, -0.15) is 0 Å². The molecule has 2 bridgehead atoms. The summed E-state index contributed by atoms with van der Waals surface area (Å²) < 4.78 is 0. The van der Waals surface area contributed by atoms with Crippen LogP contribution in [0.2, 0.25) is 0 Å². The van der Waals surface area contributed by atoms with Gasteiger partial charge in [-0.3, -0.25) is 14.8 Å². The van der Waals surface area contributed by atoms with Crippen molar-refractivity contribution < 1.29 is 14.8 Å². The van der Waals surface area contributed by atoms with Crippen molar-refractivity contribution in [3.63, 3.8) is 0 Å². The lowest BCUT2D eigenvalue weighted by atomic mass is 9.46. The molecule has 0 unspecified atom stereocenters. The third kappa shape index (κ3) is 2.16. The number of rotatable bonds is 3. The fourth-order valence-electron chi connectivity index (χ4n) is 6.54. The summed E-state index contributed by atoms with van der Waals surface area (Å²) in [6.07, 6.45) is 0.687. The lowest BCUT2D eigenvalue weighted by molar-refractivity contribution is -0.123. The molecule has 6 heteroatoms. The van der Waals surface area contributed by atoms with Crippen LogP contribution in [0.25, 0.3) is 0 Å². The number of imide groups is 1. The molecular weight excluding hydrogens is 404 g/mol. The Bertz CT molecular complexity index is 1240. The summed E-state index contributed by atoms with van der Waals surface area (Å²) >= 11 is 0. The molecule has 7 rings (SSSR count). The SMILES string of the molecule is CCC12c3ccccc3C(c3ccccc31)[C@H]1C(=O)N(c3cccc(N([O-])O)c3)C(=O)[C@H]12. The zero-order valence-electron chi connectivity index (χ0n) is 17.4. The van der Waals surface area contributed by atoms with Gasteiger partial charge in [0.05, 0.1) is 23.2 Å². The zero-order valence-corrected chi connectivity index (χ0v) is 17.4. The summed E-state index contributed by atoms with van der Waals surface area (Å²) in [6, 6.07) is 22.3. The lowest BCUT2D eigenvalue weighted by Crippen LogP contribution is -2.53. The van der Waals surface area contributed by atoms with Gasteiger partial charge >= 0.3 is 0 Å². The second kappa shape index (κ2) is 6.51. The van der Waals surface area contributed by atoms with Crippen LogP contribution in [0.15, 0.2) is 72.8 Å². The van der Waals surface area contributed by atoms with Crippen LogP contribution in [-0.2, 0) is 15.0 Å². The molecule has 0 radical (unpaired) electrons. The Kier molecular flexibility index (Phi) is 3.91. The molecule has 6 nitrogen and oxygen atoms in total. The zero-order chi connectivity index (χ0) is 22.2. The van der Waals surface area contributed by atoms with E-state index in [4.69, 9.17) is 0 Å². The smallest absolute Gasteiger partial charge is 0.238 e. The molecule has 160 valence electrons. The van der Waals surface area contributed by atoms with E-state index in [1.165, 1.54) is 17.0 Å². The van der Waals surface area contributed by atoms with E-state index >= 15 is 0 Å². The standard InChI is InChI=1S/C26H21N2O4/c1-2-26-19-12-5-3-10-17(19)21(18-11-4-6-13-20(18)26)22-23(26)25(30)27(24(22)29)15-8-7-9-16(14-15)28(31)32/h3-14,21-23,31H,2H2,1H3/q-1/t21?,22-,23+,26?/m1/s1. The highest BCUT2D eigenvalue weighted by Gasteiger charge is 2.67. The number of carbonyl (C=O) groups is 2. The number of benzene rings is 3. The van der Waals surface area contributed by atoms with Gasteiger partial charge in [-0.05, 0) is 46.9 Å². The Morgan fingerprint density at radius 1 is 0.938 bits per heavy atom. The van der Waals surface area contributed by atoms with E-state index in [0.29, 0.717) is 12.1 Å². The maximum Gasteiger partial charge on any atom is 0.238 e. The van der Waals surface area contributed by atoms with E-state index in [1.54, 1.807) is 12.1 Å². The first-order valence-corrected chi connectivity index (χ1v) is 10.8. The molecule has 32 heavy (non-hydrogen) atoms. The number of hydrogen-bond acceptors (Lipinski definition) is 5. The molecular formula is C26H21N2O4-. The minimum atomic E-state index is -0.590. The minimum absolute atomic E-state index is 0.0299. The first-order chi connectivity index (χ1) is 15.5. The highest BCUT2D eigenvalue weighted by Crippen LogP contribution is 2.65. The van der Waals surface area contributed by atoms with Crippen LogP contribution in [-0.4, -0.2) is 17.0 Å². The molecule has 0 aromatic heterocycles. The van der Waals surface area contributed by atoms with Crippen LogP contribution in [0.3, 0.4) is 0 Å². The monoisotopic (exact) mass is 425 g/mol. The maximum absolute atomic E-state index is 14.0. The van der Waals surface area contributed by atoms with Crippen LogP contribution in [0.5, 0.6) is 0 Å². The van der Waals surface area contributed by atoms with Crippen molar-refractivity contribution in [2.45, 2.75) is 24.7 Å². The summed E-state index contributed by atoms with van der Waals surface area (Å²) in [6.45, 7) is 2.08. The molecule has 3 aliphatic carbocycles. The number of amides is 2. The van der Waals surface area contributed by atoms with Crippen molar-refractivity contribution in [2.75, 3.05) is 10.1 Å². The van der Waals surface area contributed by atoms with Gasteiger partial charge in [-0.25, -0.2) is 4.90 Å². The van der Waals surface area contributed by atoms with Crippen molar-refractivity contribution in [3.8, 4) is 0 Å². The summed E-state index contributed by atoms with van der Waals surface area (Å²) in [5.41, 5.74) is 4.18. The van der Waals surface area contributed by atoms with Gasteiger partial charge in [0, 0.05) is 11.3 Å². The molecule has 3 aromatic carbocycles. The van der Waals surface area contributed by atoms with Crippen LogP contribution < -0.4 is 10.1 Å². The maximum atomic E-state index is 14.0. The van der Waals surface area contributed by atoms with E-state index in [2.05, 4.69) is 31.2 Å². The van der Waals surface area contributed by atoms with E-state index in [-0.39, 0.29) is 28.6 Å². The normalized spacial score (nSPS) is 27.2. The quantitative estimate of drug-likeness (QED) is 0.499. The summed E-state index contributed by atoms with van der Waals surface area (Å²) in [7, 11) is 0. The molecule has 1 saturated heterocycles. The van der Waals surface area contributed by atoms with E-state index in [9.17, 15) is 20.0 Å². The highest BCUT2D eigenvalue weighted by atomic mass is 16.8. The van der Waals surface area contributed by atoms with E-state index in [0.717, 1.165) is 22.3 Å². The Hall–Kier alpha value is -3.48. The number of anilines is 2. The fraction of sp³-hybridized carbons (Fsp3) is 0.231. The second-order valence-electron chi connectivity index (χ2n) is 8.79. The van der Waals surface area contributed by atoms with Gasteiger partial charge in [0.25, 0.3) is 0 Å². The minimum Gasteiger partial charge on any atom is -0.733 e. The Morgan fingerprint density at radius 2 is 1.56 bits per heavy atom. The van der Waals surface area contributed by atoms with Crippen LogP contribution >= 0.6 is 0 Å². The number of nitrogens with zero attached hydrogens (tertiary/aromatic N) is 2. The number of hydrogen-bond donors (Lipinski definition) is 1. The van der Waals surface area contributed by atoms with Crippen molar-refractivity contribution in [3.05, 3.63) is 100 Å². The molecule has 3 aromatic rings. The third-order valence-corrected chi connectivity index (χ3v) is 7.66. The number of carbonyl (C=O) groups excluding carboxylic acids is 2. The van der Waals surface area contributed by atoms with Crippen LogP contribution in [0.1, 0.15) is 41.5 Å². The molecule has 1 N–H and O–H groups in total. The molecule has 1 heterocycles. The summed E-state index contributed by atoms with van der Waals surface area (Å²) in [5, 5.41) is 20.5. The van der Waals surface area contributed by atoms with Gasteiger partial charge in [0.15, 0.2) is 0 Å². The van der Waals surface area contributed by atoms with Crippen molar-refractivity contribution in [2.24, 2.45) is 11.8 Å². The average Bonchev–Trinajstić information content (AvgIpc) is 3.10. The van der Waals surface area contributed by atoms with Gasteiger partial charge in [-0.1, -0.05) is 61.5 Å². The predicted molar refractivity (Wildman–Crippen MR) is 119 cm³/mol. The first-order valence-electron chi connectivity index (χ1n) is 10.8. The predicted octanol–water partition coefficient (Wildman–Crippen LogP) is 4.34. The lowest BCUT2D eigenvalue weighted by Gasteiger charge is -2.54. The highest BCUT2D eigenvalue weighted by molar-refractivity contribution is 6.24. The first kappa shape index (κ1) is 19.2. The molecule has 1 aliphatic heterocycles. The van der Waals surface area contributed by atoms with Crippen molar-refractivity contribution in [1.82, 2.24) is 0 Å². The van der Waals surface area contributed by atoms with E-state index < -0.39 is 17.3 Å². The fourth-order valence-corrected chi connectivity index (χ4v) is 6.54. The average molecular weight is 425 g/mol. The molecule has 1 fully saturated rings. The molecule has 0 saturated carbocycles. The Labute approximate surface area is 185 Å². The van der Waals surface area contributed by atoms with Gasteiger partial charge < -0.3 is 10.4 Å². The topological polar surface area (TPSA) is 83.9 Å². The third-order valence-electron chi connectivity index (χ3n) is 7.66. The second-order valence-corrected chi connectivity index (χ2v) is 8.79. The van der Waals surface area contributed by atoms with Gasteiger partial charge in [0.2, 0.25) is 11.8 Å². The van der Waals surface area contributed by atoms with Crippen LogP contribution in [0, 0.1) is 17.0 Å². The van der Waals surface area contributed by atoms with E-state index in [1.807, 2.05) is 24.3 Å². The van der Waals surface area contributed by atoms with Crippen molar-refractivity contribution in [1.29, 1.82) is 0 Å². The Morgan fingerprint density at radius 3 is 2.16 bits per heavy atom. The molecule has 2 atom stereocenters. The van der Waals surface area contributed by atoms with Gasteiger partial charge in [0.1, 0.15) is 0 Å². The Balaban J connectivity index is 1.60. The molecule has 4 aliphatic rings. The molecule has 2 amide bonds. The summed E-state index contributed by atoms with van der Waals surface area (Å²) in [5.74, 6) is -1.72. The molecule has 0 spiro atoms. The van der Waals surface area contributed by atoms with Crippen LogP contribution in [0.4, 0.5) is 11.4 Å². The van der Waals surface area contributed by atoms with Crippen molar-refractivity contribution >= 4 is 23.2 Å². The largest absolute Gasteiger partial charge is 0.733 e. The summed E-state index contributed by atoms with van der Waals surface area (Å²) in [4.78, 5) is 29.0. The van der Waals surface area contributed by atoms with Gasteiger partial charge in [-0.15, -0.1) is 0 Å².